The molecule has 1 aromatic rings. The molecular formula is C15H23NO2. The van der Waals surface area contributed by atoms with Gasteiger partial charge in [0, 0.05) is 13.0 Å². The lowest BCUT2D eigenvalue weighted by Gasteiger charge is -2.25. The molecule has 0 aliphatic heterocycles. The summed E-state index contributed by atoms with van der Waals surface area (Å²) in [5.41, 5.74) is 2.17. The van der Waals surface area contributed by atoms with Gasteiger partial charge in [-0.1, -0.05) is 43.7 Å². The third-order valence-corrected chi connectivity index (χ3v) is 3.03. The van der Waals surface area contributed by atoms with Crippen LogP contribution in [-0.2, 0) is 10.2 Å². The van der Waals surface area contributed by atoms with Gasteiger partial charge in [0.1, 0.15) is 0 Å². The van der Waals surface area contributed by atoms with Gasteiger partial charge in [-0.15, -0.1) is 0 Å². The van der Waals surface area contributed by atoms with E-state index in [1.54, 1.807) is 6.92 Å². The molecule has 2 N–H and O–H groups in total. The van der Waals surface area contributed by atoms with Gasteiger partial charge in [0.25, 0.3) is 0 Å². The molecule has 3 nitrogen and oxygen atoms in total. The van der Waals surface area contributed by atoms with Gasteiger partial charge >= 0.3 is 0 Å². The lowest BCUT2D eigenvalue weighted by atomic mass is 9.81. The van der Waals surface area contributed by atoms with Crippen molar-refractivity contribution in [2.24, 2.45) is 0 Å². The molecule has 0 spiro atoms. The Kier molecular flexibility index (Phi) is 4.91. The van der Waals surface area contributed by atoms with Crippen molar-refractivity contribution in [2.75, 3.05) is 6.54 Å². The number of carbonyl (C=O) groups excluding carboxylic acids is 1. The highest BCUT2D eigenvalue weighted by Crippen LogP contribution is 2.27. The van der Waals surface area contributed by atoms with Gasteiger partial charge in [0.05, 0.1) is 6.10 Å². The highest BCUT2D eigenvalue weighted by atomic mass is 16.3. The molecular weight excluding hydrogens is 226 g/mol. The van der Waals surface area contributed by atoms with E-state index in [1.165, 1.54) is 5.56 Å². The lowest BCUT2D eigenvalue weighted by molar-refractivity contribution is -0.122. The first-order valence-corrected chi connectivity index (χ1v) is 6.33. The SMILES string of the molecule is Cc1ccc(C(C)(C)CC(=O)NCC(C)O)cc1. The van der Waals surface area contributed by atoms with Crippen LogP contribution in [-0.4, -0.2) is 23.7 Å². The first-order chi connectivity index (χ1) is 8.31. The number of amides is 1. The number of hydrogen-bond donors (Lipinski definition) is 2. The molecule has 0 fully saturated rings. The Balaban J connectivity index is 2.63. The van der Waals surface area contributed by atoms with Crippen LogP contribution in [0.1, 0.15) is 38.3 Å². The maximum absolute atomic E-state index is 11.8. The van der Waals surface area contributed by atoms with E-state index < -0.39 is 6.10 Å². The van der Waals surface area contributed by atoms with Crippen molar-refractivity contribution in [3.05, 3.63) is 35.4 Å². The molecule has 18 heavy (non-hydrogen) atoms. The average Bonchev–Trinajstić information content (AvgIpc) is 2.26. The second-order valence-electron chi connectivity index (χ2n) is 5.58. The Hall–Kier alpha value is -1.35. The summed E-state index contributed by atoms with van der Waals surface area (Å²) in [6.45, 7) is 8.12. The van der Waals surface area contributed by atoms with E-state index in [2.05, 4.69) is 43.4 Å². The van der Waals surface area contributed by atoms with Crippen LogP contribution in [0.4, 0.5) is 0 Å². The number of nitrogens with one attached hydrogen (secondary N) is 1. The van der Waals surface area contributed by atoms with Gasteiger partial charge in [-0.3, -0.25) is 4.79 Å². The molecule has 0 saturated carbocycles. The normalized spacial score (nSPS) is 13.2. The number of aliphatic hydroxyl groups is 1. The van der Waals surface area contributed by atoms with Crippen LogP contribution in [0.25, 0.3) is 0 Å². The van der Waals surface area contributed by atoms with E-state index in [0.29, 0.717) is 13.0 Å². The molecule has 1 atom stereocenters. The molecule has 1 amide bonds. The molecule has 0 bridgehead atoms. The summed E-state index contributed by atoms with van der Waals surface area (Å²) >= 11 is 0. The summed E-state index contributed by atoms with van der Waals surface area (Å²) in [4.78, 5) is 11.8. The highest BCUT2D eigenvalue weighted by molar-refractivity contribution is 5.77. The van der Waals surface area contributed by atoms with Gasteiger partial charge in [-0.2, -0.15) is 0 Å². The zero-order valence-electron chi connectivity index (χ0n) is 11.7. The number of benzene rings is 1. The summed E-state index contributed by atoms with van der Waals surface area (Å²) in [6.07, 6.45) is -0.0839. The molecule has 0 heterocycles. The first kappa shape index (κ1) is 14.7. The fraction of sp³-hybridized carbons (Fsp3) is 0.533. The first-order valence-electron chi connectivity index (χ1n) is 6.33. The quantitative estimate of drug-likeness (QED) is 0.840. The second kappa shape index (κ2) is 6.01. The zero-order chi connectivity index (χ0) is 13.8. The molecule has 3 heteroatoms. The molecule has 1 unspecified atom stereocenters. The third-order valence-electron chi connectivity index (χ3n) is 3.03. The molecule has 0 aliphatic rings. The third kappa shape index (κ3) is 4.49. The molecule has 1 rings (SSSR count). The van der Waals surface area contributed by atoms with Crippen LogP contribution >= 0.6 is 0 Å². The Morgan fingerprint density at radius 3 is 2.39 bits per heavy atom. The summed E-state index contributed by atoms with van der Waals surface area (Å²) in [5, 5.41) is 11.9. The van der Waals surface area contributed by atoms with Crippen molar-refractivity contribution < 1.29 is 9.90 Å². The van der Waals surface area contributed by atoms with Crippen molar-refractivity contribution in [1.82, 2.24) is 5.32 Å². The van der Waals surface area contributed by atoms with Crippen molar-refractivity contribution in [1.29, 1.82) is 0 Å². The van der Waals surface area contributed by atoms with Gasteiger partial charge in [-0.25, -0.2) is 0 Å². The number of hydrogen-bond acceptors (Lipinski definition) is 2. The molecule has 0 saturated heterocycles. The summed E-state index contributed by atoms with van der Waals surface area (Å²) in [6, 6.07) is 8.25. The predicted molar refractivity (Wildman–Crippen MR) is 73.5 cm³/mol. The van der Waals surface area contributed by atoms with Gasteiger partial charge in [0.15, 0.2) is 0 Å². The summed E-state index contributed by atoms with van der Waals surface area (Å²) in [7, 11) is 0. The van der Waals surface area contributed by atoms with Gasteiger partial charge in [0.2, 0.25) is 5.91 Å². The highest BCUT2D eigenvalue weighted by Gasteiger charge is 2.24. The van der Waals surface area contributed by atoms with E-state index in [4.69, 9.17) is 5.11 Å². The van der Waals surface area contributed by atoms with Crippen molar-refractivity contribution in [3.63, 3.8) is 0 Å². The Bertz CT molecular complexity index is 393. The standard InChI is InChI=1S/C15H23NO2/c1-11-5-7-13(8-6-11)15(3,4)9-14(18)16-10-12(2)17/h5-8,12,17H,9-10H2,1-4H3,(H,16,18). The fourth-order valence-corrected chi connectivity index (χ4v) is 1.83. The van der Waals surface area contributed by atoms with Crippen molar-refractivity contribution in [2.45, 2.75) is 45.6 Å². The Labute approximate surface area is 109 Å². The Morgan fingerprint density at radius 2 is 1.89 bits per heavy atom. The van der Waals surface area contributed by atoms with Crippen LogP contribution < -0.4 is 5.32 Å². The fourth-order valence-electron chi connectivity index (χ4n) is 1.83. The van der Waals surface area contributed by atoms with E-state index in [1.807, 2.05) is 6.92 Å². The van der Waals surface area contributed by atoms with E-state index >= 15 is 0 Å². The van der Waals surface area contributed by atoms with Crippen molar-refractivity contribution >= 4 is 5.91 Å². The number of rotatable bonds is 5. The van der Waals surface area contributed by atoms with Crippen LogP contribution in [0.3, 0.4) is 0 Å². The molecule has 0 radical (unpaired) electrons. The lowest BCUT2D eigenvalue weighted by Crippen LogP contribution is -2.34. The largest absolute Gasteiger partial charge is 0.392 e. The average molecular weight is 249 g/mol. The van der Waals surface area contributed by atoms with Crippen LogP contribution in [0, 0.1) is 6.92 Å². The maximum Gasteiger partial charge on any atom is 0.220 e. The summed E-state index contributed by atoms with van der Waals surface area (Å²) in [5.74, 6) is -0.0264. The minimum absolute atomic E-state index is 0.0264. The zero-order valence-corrected chi connectivity index (χ0v) is 11.7. The van der Waals surface area contributed by atoms with E-state index in [0.717, 1.165) is 5.56 Å². The Morgan fingerprint density at radius 1 is 1.33 bits per heavy atom. The molecule has 0 aromatic heterocycles. The topological polar surface area (TPSA) is 49.3 Å². The number of aliphatic hydroxyl groups excluding tert-OH is 1. The molecule has 0 aliphatic carbocycles. The van der Waals surface area contributed by atoms with E-state index in [9.17, 15) is 4.79 Å². The predicted octanol–water partition coefficient (Wildman–Crippen LogP) is 2.16. The van der Waals surface area contributed by atoms with Crippen LogP contribution in [0.15, 0.2) is 24.3 Å². The van der Waals surface area contributed by atoms with Crippen LogP contribution in [0.2, 0.25) is 0 Å². The smallest absolute Gasteiger partial charge is 0.220 e. The minimum atomic E-state index is -0.503. The minimum Gasteiger partial charge on any atom is -0.392 e. The molecule has 100 valence electrons. The van der Waals surface area contributed by atoms with Gasteiger partial charge < -0.3 is 10.4 Å². The maximum atomic E-state index is 11.8. The van der Waals surface area contributed by atoms with Gasteiger partial charge in [-0.05, 0) is 24.8 Å². The second-order valence-corrected chi connectivity index (χ2v) is 5.58. The summed E-state index contributed by atoms with van der Waals surface area (Å²) < 4.78 is 0. The monoisotopic (exact) mass is 249 g/mol. The molecule has 1 aromatic carbocycles. The number of carbonyl (C=O) groups is 1. The van der Waals surface area contributed by atoms with Crippen LogP contribution in [0.5, 0.6) is 0 Å². The van der Waals surface area contributed by atoms with E-state index in [-0.39, 0.29) is 11.3 Å². The van der Waals surface area contributed by atoms with Crippen molar-refractivity contribution in [3.8, 4) is 0 Å². The number of aryl methyl sites for hydroxylation is 1.